The number of rotatable bonds is 7. The highest BCUT2D eigenvalue weighted by Crippen LogP contribution is 2.29. The van der Waals surface area contributed by atoms with Gasteiger partial charge in [-0.2, -0.15) is 0 Å². The maximum Gasteiger partial charge on any atom is 0.150 e. The van der Waals surface area contributed by atoms with Gasteiger partial charge < -0.3 is 10.4 Å². The number of likely N-dealkylation sites (N-methyl/N-ethyl adjacent to an activating group) is 1. The molecule has 0 aliphatic carbocycles. The van der Waals surface area contributed by atoms with E-state index in [0.29, 0.717) is 0 Å². The minimum absolute atomic E-state index is 0.0883. The third-order valence-electron chi connectivity index (χ3n) is 3.43. The van der Waals surface area contributed by atoms with E-state index in [2.05, 4.69) is 27.8 Å². The summed E-state index contributed by atoms with van der Waals surface area (Å²) in [6.45, 7) is 2.10. The van der Waals surface area contributed by atoms with Crippen LogP contribution in [0.4, 0.5) is 0 Å². The van der Waals surface area contributed by atoms with Crippen LogP contribution < -0.4 is 5.32 Å². The van der Waals surface area contributed by atoms with E-state index < -0.39 is 0 Å². The van der Waals surface area contributed by atoms with Crippen LogP contribution in [0, 0.1) is 6.92 Å². The van der Waals surface area contributed by atoms with Crippen molar-refractivity contribution >= 4 is 23.1 Å². The molecule has 0 aliphatic rings. The Morgan fingerprint density at radius 3 is 2.65 bits per heavy atom. The van der Waals surface area contributed by atoms with Crippen LogP contribution in [0.25, 0.3) is 0 Å². The average Bonchev–Trinajstić information content (AvgIpc) is 2.90. The van der Waals surface area contributed by atoms with E-state index in [9.17, 15) is 5.11 Å². The highest BCUT2D eigenvalue weighted by atomic mass is 32.2. The van der Waals surface area contributed by atoms with E-state index >= 15 is 0 Å². The minimum atomic E-state index is -0.374. The summed E-state index contributed by atoms with van der Waals surface area (Å²) in [5.41, 5.74) is 1.82. The number of nitrogens with zero attached hydrogens (tertiary/aromatic N) is 1. The molecule has 2 N–H and O–H groups in total. The Hall–Kier alpha value is -0.880. The van der Waals surface area contributed by atoms with E-state index in [1.165, 1.54) is 0 Å². The van der Waals surface area contributed by atoms with Gasteiger partial charge in [0, 0.05) is 16.8 Å². The molecule has 1 atom stereocenters. The first kappa shape index (κ1) is 15.5. The molecule has 1 aromatic heterocycles. The predicted octanol–water partition coefficient (Wildman–Crippen LogP) is 3.04. The van der Waals surface area contributed by atoms with Gasteiger partial charge in [-0.3, -0.25) is 0 Å². The topological polar surface area (TPSA) is 45.1 Å². The Morgan fingerprint density at radius 1 is 1.35 bits per heavy atom. The maximum atomic E-state index is 9.85. The third-order valence-corrected chi connectivity index (χ3v) is 5.57. The lowest BCUT2D eigenvalue weighted by Crippen LogP contribution is -2.44. The summed E-state index contributed by atoms with van der Waals surface area (Å²) in [4.78, 5) is 4.45. The molecule has 0 spiro atoms. The number of aliphatic hydroxyl groups excluding tert-OH is 1. The maximum absolute atomic E-state index is 9.85. The molecule has 1 aromatic carbocycles. The van der Waals surface area contributed by atoms with Gasteiger partial charge in [0.25, 0.3) is 0 Å². The van der Waals surface area contributed by atoms with E-state index in [1.54, 1.807) is 23.1 Å². The van der Waals surface area contributed by atoms with Crippen LogP contribution in [0.2, 0.25) is 0 Å². The molecule has 2 aromatic rings. The first-order chi connectivity index (χ1) is 9.70. The van der Waals surface area contributed by atoms with Gasteiger partial charge in [-0.1, -0.05) is 42.1 Å². The standard InChI is InChI=1S/C15H20N2OS2/c1-12-10-20-14(17-12)19-9-8-15(11-18,16-2)13-6-4-3-5-7-13/h3-7,10,16,18H,8-9,11H2,1-2H3. The Kier molecular flexibility index (Phi) is 5.60. The third kappa shape index (κ3) is 3.61. The number of nitrogens with one attached hydrogen (secondary N) is 1. The summed E-state index contributed by atoms with van der Waals surface area (Å²) in [5, 5.41) is 15.2. The molecule has 0 radical (unpaired) electrons. The molecule has 0 amide bonds. The minimum Gasteiger partial charge on any atom is -0.394 e. The van der Waals surface area contributed by atoms with Crippen molar-refractivity contribution in [2.75, 3.05) is 19.4 Å². The van der Waals surface area contributed by atoms with Crippen LogP contribution in [0.5, 0.6) is 0 Å². The summed E-state index contributed by atoms with van der Waals surface area (Å²) in [7, 11) is 1.90. The van der Waals surface area contributed by atoms with Crippen molar-refractivity contribution in [2.24, 2.45) is 0 Å². The Balaban J connectivity index is 2.02. The summed E-state index contributed by atoms with van der Waals surface area (Å²) in [6, 6.07) is 10.1. The van der Waals surface area contributed by atoms with Gasteiger partial charge >= 0.3 is 0 Å². The lowest BCUT2D eigenvalue weighted by atomic mass is 9.88. The molecule has 1 unspecified atom stereocenters. The van der Waals surface area contributed by atoms with Crippen LogP contribution >= 0.6 is 23.1 Å². The van der Waals surface area contributed by atoms with Crippen molar-refractivity contribution < 1.29 is 5.11 Å². The van der Waals surface area contributed by atoms with Crippen LogP contribution in [0.15, 0.2) is 40.1 Å². The fourth-order valence-corrected chi connectivity index (χ4v) is 4.15. The smallest absolute Gasteiger partial charge is 0.150 e. The number of thioether (sulfide) groups is 1. The molecule has 5 heteroatoms. The normalized spacial score (nSPS) is 14.2. The number of benzene rings is 1. The van der Waals surface area contributed by atoms with Gasteiger partial charge in [0.05, 0.1) is 12.1 Å². The first-order valence-corrected chi connectivity index (χ1v) is 8.47. The zero-order chi connectivity index (χ0) is 14.4. The van der Waals surface area contributed by atoms with E-state index in [0.717, 1.165) is 27.8 Å². The van der Waals surface area contributed by atoms with Crippen molar-refractivity contribution in [1.29, 1.82) is 0 Å². The summed E-state index contributed by atoms with van der Waals surface area (Å²) >= 11 is 3.43. The molecule has 0 saturated heterocycles. The lowest BCUT2D eigenvalue weighted by molar-refractivity contribution is 0.165. The number of hydrogen-bond donors (Lipinski definition) is 2. The predicted molar refractivity (Wildman–Crippen MR) is 86.5 cm³/mol. The number of aliphatic hydroxyl groups is 1. The Bertz CT molecular complexity index is 524. The highest BCUT2D eigenvalue weighted by Gasteiger charge is 2.29. The fraction of sp³-hybridized carbons (Fsp3) is 0.400. The SMILES string of the molecule is CNC(CO)(CCSc1nc(C)cs1)c1ccccc1. The largest absolute Gasteiger partial charge is 0.394 e. The zero-order valence-corrected chi connectivity index (χ0v) is 13.4. The second kappa shape index (κ2) is 7.22. The van der Waals surface area contributed by atoms with E-state index in [4.69, 9.17) is 0 Å². The monoisotopic (exact) mass is 308 g/mol. The lowest BCUT2D eigenvalue weighted by Gasteiger charge is -2.32. The molecule has 0 fully saturated rings. The summed E-state index contributed by atoms with van der Waals surface area (Å²) in [6.07, 6.45) is 0.854. The summed E-state index contributed by atoms with van der Waals surface area (Å²) in [5.74, 6) is 0.920. The van der Waals surface area contributed by atoms with Gasteiger partial charge in [-0.05, 0) is 26.0 Å². The molecule has 20 heavy (non-hydrogen) atoms. The molecule has 3 nitrogen and oxygen atoms in total. The molecule has 108 valence electrons. The van der Waals surface area contributed by atoms with Crippen molar-refractivity contribution in [2.45, 2.75) is 23.2 Å². The van der Waals surface area contributed by atoms with Crippen LogP contribution in [-0.4, -0.2) is 29.5 Å². The fourth-order valence-electron chi connectivity index (χ4n) is 2.13. The first-order valence-electron chi connectivity index (χ1n) is 6.60. The van der Waals surface area contributed by atoms with Crippen LogP contribution in [-0.2, 0) is 5.54 Å². The number of thiazole rings is 1. The second-order valence-corrected chi connectivity index (χ2v) is 6.91. The number of aromatic nitrogens is 1. The van der Waals surface area contributed by atoms with Crippen LogP contribution in [0.1, 0.15) is 17.7 Å². The summed E-state index contributed by atoms with van der Waals surface area (Å²) < 4.78 is 1.10. The second-order valence-electron chi connectivity index (χ2n) is 4.71. The Morgan fingerprint density at radius 2 is 2.10 bits per heavy atom. The Labute approximate surface area is 128 Å². The zero-order valence-electron chi connectivity index (χ0n) is 11.8. The highest BCUT2D eigenvalue weighted by molar-refractivity contribution is 8.01. The molecular formula is C15H20N2OS2. The van der Waals surface area contributed by atoms with Gasteiger partial charge in [0.1, 0.15) is 4.34 Å². The van der Waals surface area contributed by atoms with Crippen molar-refractivity contribution in [1.82, 2.24) is 10.3 Å². The van der Waals surface area contributed by atoms with Crippen molar-refractivity contribution in [3.8, 4) is 0 Å². The average molecular weight is 308 g/mol. The molecule has 0 aliphatic heterocycles. The van der Waals surface area contributed by atoms with Crippen molar-refractivity contribution in [3.63, 3.8) is 0 Å². The van der Waals surface area contributed by atoms with Gasteiger partial charge in [0.15, 0.2) is 0 Å². The molecular weight excluding hydrogens is 288 g/mol. The number of hydrogen-bond acceptors (Lipinski definition) is 5. The molecule has 0 saturated carbocycles. The quantitative estimate of drug-likeness (QED) is 0.772. The van der Waals surface area contributed by atoms with Crippen molar-refractivity contribution in [3.05, 3.63) is 47.0 Å². The van der Waals surface area contributed by atoms with Gasteiger partial charge in [-0.15, -0.1) is 11.3 Å². The molecule has 0 bridgehead atoms. The van der Waals surface area contributed by atoms with Crippen LogP contribution in [0.3, 0.4) is 0 Å². The van der Waals surface area contributed by atoms with Gasteiger partial charge in [0.2, 0.25) is 0 Å². The molecule has 1 heterocycles. The molecule has 2 rings (SSSR count). The van der Waals surface area contributed by atoms with Gasteiger partial charge in [-0.25, -0.2) is 4.98 Å². The van der Waals surface area contributed by atoms with E-state index in [1.807, 2.05) is 32.2 Å². The number of aryl methyl sites for hydroxylation is 1. The van der Waals surface area contributed by atoms with E-state index in [-0.39, 0.29) is 12.1 Å².